The highest BCUT2D eigenvalue weighted by Gasteiger charge is 2.41. The highest BCUT2D eigenvalue weighted by atomic mass is 16.4. The van der Waals surface area contributed by atoms with Crippen LogP contribution in [0.25, 0.3) is 0 Å². The van der Waals surface area contributed by atoms with Crippen molar-refractivity contribution in [2.24, 2.45) is 5.41 Å². The molecule has 0 aliphatic heterocycles. The van der Waals surface area contributed by atoms with Gasteiger partial charge in [0.1, 0.15) is 0 Å². The topological polar surface area (TPSA) is 57.6 Å². The molecule has 0 bridgehead atoms. The summed E-state index contributed by atoms with van der Waals surface area (Å²) in [7, 11) is 0. The van der Waals surface area contributed by atoms with E-state index in [1.54, 1.807) is 4.90 Å². The third-order valence-electron chi connectivity index (χ3n) is 4.20. The van der Waals surface area contributed by atoms with E-state index in [2.05, 4.69) is 6.58 Å². The maximum atomic E-state index is 12.4. The first-order valence-electron chi connectivity index (χ1n) is 7.57. The minimum absolute atomic E-state index is 0.0557. The van der Waals surface area contributed by atoms with E-state index in [-0.39, 0.29) is 12.3 Å². The standard InChI is InChI=1S/C16H27NO3/c1-4-17(12-13(2)3)14(18)11-16(15(19)20)9-7-5-6-8-10-16/h2,4-12H2,1,3H3,(H,19,20). The molecule has 0 heterocycles. The molecular weight excluding hydrogens is 254 g/mol. The first-order valence-corrected chi connectivity index (χ1v) is 7.57. The Morgan fingerprint density at radius 2 is 1.75 bits per heavy atom. The van der Waals surface area contributed by atoms with Gasteiger partial charge in [-0.25, -0.2) is 0 Å². The van der Waals surface area contributed by atoms with Crippen LogP contribution in [0.3, 0.4) is 0 Å². The fourth-order valence-corrected chi connectivity index (χ4v) is 2.98. The van der Waals surface area contributed by atoms with Crippen molar-refractivity contribution in [3.63, 3.8) is 0 Å². The van der Waals surface area contributed by atoms with Gasteiger partial charge >= 0.3 is 5.97 Å². The highest BCUT2D eigenvalue weighted by Crippen LogP contribution is 2.39. The van der Waals surface area contributed by atoms with Crippen LogP contribution in [0.15, 0.2) is 12.2 Å². The summed E-state index contributed by atoms with van der Waals surface area (Å²) < 4.78 is 0. The average Bonchev–Trinajstić information content (AvgIpc) is 2.62. The summed E-state index contributed by atoms with van der Waals surface area (Å²) in [5.41, 5.74) is 0.0706. The predicted octanol–water partition coefficient (Wildman–Crippen LogP) is 3.23. The van der Waals surface area contributed by atoms with E-state index in [9.17, 15) is 14.7 Å². The highest BCUT2D eigenvalue weighted by molar-refractivity contribution is 5.85. The zero-order valence-electron chi connectivity index (χ0n) is 12.8. The van der Waals surface area contributed by atoms with Crippen molar-refractivity contribution < 1.29 is 14.7 Å². The Hall–Kier alpha value is -1.32. The Kier molecular flexibility index (Phi) is 6.24. The molecule has 1 rings (SSSR count). The van der Waals surface area contributed by atoms with Gasteiger partial charge in [0.15, 0.2) is 0 Å². The van der Waals surface area contributed by atoms with Gasteiger partial charge in [-0.15, -0.1) is 0 Å². The summed E-state index contributed by atoms with van der Waals surface area (Å²) in [6.45, 7) is 8.75. The number of hydrogen-bond donors (Lipinski definition) is 1. The van der Waals surface area contributed by atoms with E-state index in [1.807, 2.05) is 13.8 Å². The number of likely N-dealkylation sites (N-methyl/N-ethyl adjacent to an activating group) is 1. The molecule has 4 nitrogen and oxygen atoms in total. The molecular formula is C16H27NO3. The zero-order chi connectivity index (χ0) is 15.2. The zero-order valence-corrected chi connectivity index (χ0v) is 12.8. The average molecular weight is 281 g/mol. The second kappa shape index (κ2) is 7.46. The summed E-state index contributed by atoms with van der Waals surface area (Å²) in [6, 6.07) is 0. The van der Waals surface area contributed by atoms with Crippen LogP contribution in [-0.2, 0) is 9.59 Å². The number of carboxylic acids is 1. The third kappa shape index (κ3) is 4.36. The Morgan fingerprint density at radius 1 is 1.20 bits per heavy atom. The minimum Gasteiger partial charge on any atom is -0.481 e. The van der Waals surface area contributed by atoms with Crippen LogP contribution in [0, 0.1) is 5.41 Å². The van der Waals surface area contributed by atoms with Crippen LogP contribution in [-0.4, -0.2) is 35.0 Å². The Bertz CT molecular complexity index is 368. The van der Waals surface area contributed by atoms with E-state index in [0.717, 1.165) is 31.3 Å². The molecule has 0 saturated heterocycles. The van der Waals surface area contributed by atoms with Gasteiger partial charge in [0.2, 0.25) is 5.91 Å². The predicted molar refractivity (Wildman–Crippen MR) is 79.5 cm³/mol. The Morgan fingerprint density at radius 3 is 2.15 bits per heavy atom. The summed E-state index contributed by atoms with van der Waals surface area (Å²) in [5, 5.41) is 9.61. The molecule has 1 aliphatic carbocycles. The van der Waals surface area contributed by atoms with Crippen LogP contribution in [0.4, 0.5) is 0 Å². The molecule has 1 amide bonds. The molecule has 1 fully saturated rings. The van der Waals surface area contributed by atoms with Gasteiger partial charge in [-0.3, -0.25) is 9.59 Å². The van der Waals surface area contributed by atoms with Crippen molar-refractivity contribution in [2.45, 2.75) is 58.8 Å². The fraction of sp³-hybridized carbons (Fsp3) is 0.750. The lowest BCUT2D eigenvalue weighted by atomic mass is 9.77. The largest absolute Gasteiger partial charge is 0.481 e. The summed E-state index contributed by atoms with van der Waals surface area (Å²) in [5.74, 6) is -0.862. The smallest absolute Gasteiger partial charge is 0.310 e. The van der Waals surface area contributed by atoms with E-state index in [4.69, 9.17) is 0 Å². The van der Waals surface area contributed by atoms with Crippen molar-refractivity contribution in [1.29, 1.82) is 0 Å². The van der Waals surface area contributed by atoms with Crippen LogP contribution in [0.5, 0.6) is 0 Å². The second-order valence-corrected chi connectivity index (χ2v) is 6.04. The molecule has 0 aromatic rings. The molecule has 1 saturated carbocycles. The summed E-state index contributed by atoms with van der Waals surface area (Å²) in [4.78, 5) is 25.8. The minimum atomic E-state index is -0.851. The van der Waals surface area contributed by atoms with Gasteiger partial charge in [-0.2, -0.15) is 0 Å². The molecule has 0 spiro atoms. The van der Waals surface area contributed by atoms with Crippen LogP contribution in [0.1, 0.15) is 58.8 Å². The van der Waals surface area contributed by atoms with Crippen molar-refractivity contribution in [3.8, 4) is 0 Å². The van der Waals surface area contributed by atoms with Crippen molar-refractivity contribution >= 4 is 11.9 Å². The van der Waals surface area contributed by atoms with Crippen LogP contribution < -0.4 is 0 Å². The normalized spacial score (nSPS) is 18.1. The van der Waals surface area contributed by atoms with Crippen LogP contribution >= 0.6 is 0 Å². The SMILES string of the molecule is C=C(C)CN(CC)C(=O)CC1(C(=O)O)CCCCCC1. The van der Waals surface area contributed by atoms with E-state index in [0.29, 0.717) is 25.9 Å². The molecule has 20 heavy (non-hydrogen) atoms. The van der Waals surface area contributed by atoms with Crippen molar-refractivity contribution in [1.82, 2.24) is 4.90 Å². The van der Waals surface area contributed by atoms with Gasteiger partial charge in [0.05, 0.1) is 5.41 Å². The molecule has 0 atom stereocenters. The van der Waals surface area contributed by atoms with Gasteiger partial charge in [0.25, 0.3) is 0 Å². The van der Waals surface area contributed by atoms with Crippen molar-refractivity contribution in [2.75, 3.05) is 13.1 Å². The second-order valence-electron chi connectivity index (χ2n) is 6.04. The first kappa shape index (κ1) is 16.7. The lowest BCUT2D eigenvalue weighted by molar-refractivity contribution is -0.154. The first-order chi connectivity index (χ1) is 9.41. The monoisotopic (exact) mass is 281 g/mol. The van der Waals surface area contributed by atoms with Gasteiger partial charge < -0.3 is 10.0 Å². The third-order valence-corrected chi connectivity index (χ3v) is 4.20. The number of carbonyl (C=O) groups excluding carboxylic acids is 1. The molecule has 1 aliphatic rings. The molecule has 0 aromatic heterocycles. The number of aliphatic carboxylic acids is 1. The molecule has 114 valence electrons. The molecule has 0 aromatic carbocycles. The number of amides is 1. The molecule has 1 N–H and O–H groups in total. The molecule has 0 radical (unpaired) electrons. The number of nitrogens with zero attached hydrogens (tertiary/aromatic N) is 1. The Balaban J connectivity index is 2.80. The van der Waals surface area contributed by atoms with Gasteiger partial charge in [-0.1, -0.05) is 37.8 Å². The number of carbonyl (C=O) groups is 2. The van der Waals surface area contributed by atoms with Gasteiger partial charge in [0, 0.05) is 19.5 Å². The number of carboxylic acid groups (broad SMARTS) is 1. The quantitative estimate of drug-likeness (QED) is 0.600. The van der Waals surface area contributed by atoms with E-state index in [1.165, 1.54) is 0 Å². The fourth-order valence-electron chi connectivity index (χ4n) is 2.98. The maximum Gasteiger partial charge on any atom is 0.310 e. The van der Waals surface area contributed by atoms with Crippen LogP contribution in [0.2, 0.25) is 0 Å². The lowest BCUT2D eigenvalue weighted by Crippen LogP contribution is -2.40. The summed E-state index contributed by atoms with van der Waals surface area (Å²) in [6.07, 6.45) is 5.35. The maximum absolute atomic E-state index is 12.4. The van der Waals surface area contributed by atoms with E-state index < -0.39 is 11.4 Å². The van der Waals surface area contributed by atoms with Crippen molar-refractivity contribution in [3.05, 3.63) is 12.2 Å². The number of hydrogen-bond acceptors (Lipinski definition) is 2. The lowest BCUT2D eigenvalue weighted by Gasteiger charge is -2.30. The number of rotatable bonds is 6. The Labute approximate surface area is 121 Å². The molecule has 0 unspecified atom stereocenters. The van der Waals surface area contributed by atoms with E-state index >= 15 is 0 Å². The summed E-state index contributed by atoms with van der Waals surface area (Å²) >= 11 is 0. The van der Waals surface area contributed by atoms with Gasteiger partial charge in [-0.05, 0) is 26.7 Å². The molecule has 4 heteroatoms.